The molecule has 2 rings (SSSR count). The van der Waals surface area contributed by atoms with Gasteiger partial charge in [0.15, 0.2) is 0 Å². The summed E-state index contributed by atoms with van der Waals surface area (Å²) in [7, 11) is 0. The number of nitrogen functional groups attached to an aromatic ring is 1. The molecule has 1 atom stereocenters. The second-order valence-electron chi connectivity index (χ2n) is 4.64. The number of hydrogen-bond acceptors (Lipinski definition) is 3. The van der Waals surface area contributed by atoms with E-state index in [1.807, 2.05) is 0 Å². The number of hydrogen-bond donors (Lipinski definition) is 1. The Morgan fingerprint density at radius 3 is 3.12 bits per heavy atom. The Labute approximate surface area is 102 Å². The molecular formula is C12H18ClN3. The Balaban J connectivity index is 2.08. The topological polar surface area (TPSA) is 42.2 Å². The van der Waals surface area contributed by atoms with Gasteiger partial charge in [-0.2, -0.15) is 0 Å². The first kappa shape index (κ1) is 11.7. The van der Waals surface area contributed by atoms with Crippen molar-refractivity contribution in [3.05, 3.63) is 22.8 Å². The summed E-state index contributed by atoms with van der Waals surface area (Å²) in [6.07, 6.45) is 4.24. The zero-order chi connectivity index (χ0) is 11.5. The first-order valence-corrected chi connectivity index (χ1v) is 6.16. The highest BCUT2D eigenvalue weighted by Crippen LogP contribution is 2.24. The predicted molar refractivity (Wildman–Crippen MR) is 67.3 cm³/mol. The number of nitrogens with zero attached hydrogens (tertiary/aromatic N) is 2. The van der Waals surface area contributed by atoms with Gasteiger partial charge in [-0.25, -0.2) is 4.98 Å². The Morgan fingerprint density at radius 1 is 1.62 bits per heavy atom. The van der Waals surface area contributed by atoms with E-state index in [0.29, 0.717) is 5.82 Å². The van der Waals surface area contributed by atoms with Crippen LogP contribution in [0, 0.1) is 5.92 Å². The largest absolute Gasteiger partial charge is 0.383 e. The van der Waals surface area contributed by atoms with E-state index in [1.165, 1.54) is 12.8 Å². The molecule has 1 fully saturated rings. The molecule has 1 aromatic rings. The van der Waals surface area contributed by atoms with Crippen molar-refractivity contribution in [2.75, 3.05) is 18.8 Å². The first-order chi connectivity index (χ1) is 7.66. The molecule has 0 radical (unpaired) electrons. The molecule has 0 aromatic carbocycles. The molecule has 88 valence electrons. The van der Waals surface area contributed by atoms with Crippen LogP contribution in [0.5, 0.6) is 0 Å². The van der Waals surface area contributed by atoms with E-state index in [1.54, 1.807) is 12.3 Å². The SMILES string of the molecule is C[C@H]1CCCN(Cc2c(Cl)ccnc2N)C1. The van der Waals surface area contributed by atoms with Gasteiger partial charge in [-0.05, 0) is 31.4 Å². The van der Waals surface area contributed by atoms with Crippen LogP contribution < -0.4 is 5.73 Å². The second kappa shape index (κ2) is 5.02. The third-order valence-corrected chi connectivity index (χ3v) is 3.51. The molecular weight excluding hydrogens is 222 g/mol. The second-order valence-corrected chi connectivity index (χ2v) is 5.05. The van der Waals surface area contributed by atoms with Crippen LogP contribution in [-0.2, 0) is 6.54 Å². The number of halogens is 1. The van der Waals surface area contributed by atoms with E-state index in [-0.39, 0.29) is 0 Å². The van der Waals surface area contributed by atoms with Gasteiger partial charge < -0.3 is 5.73 Å². The van der Waals surface area contributed by atoms with Gasteiger partial charge in [0.25, 0.3) is 0 Å². The van der Waals surface area contributed by atoms with Gasteiger partial charge in [0, 0.05) is 24.8 Å². The maximum atomic E-state index is 6.14. The van der Waals surface area contributed by atoms with Gasteiger partial charge in [0.1, 0.15) is 5.82 Å². The fraction of sp³-hybridized carbons (Fsp3) is 0.583. The van der Waals surface area contributed by atoms with Crippen molar-refractivity contribution in [2.45, 2.75) is 26.3 Å². The Hall–Kier alpha value is -0.800. The molecule has 1 aliphatic rings. The molecule has 0 saturated carbocycles. The molecule has 1 aliphatic heterocycles. The molecule has 0 bridgehead atoms. The number of aromatic nitrogens is 1. The van der Waals surface area contributed by atoms with Crippen LogP contribution in [0.3, 0.4) is 0 Å². The summed E-state index contributed by atoms with van der Waals surface area (Å²) in [6.45, 7) is 5.38. The van der Waals surface area contributed by atoms with Crippen molar-refractivity contribution in [2.24, 2.45) is 5.92 Å². The van der Waals surface area contributed by atoms with Crippen molar-refractivity contribution in [3.63, 3.8) is 0 Å². The molecule has 0 unspecified atom stereocenters. The van der Waals surface area contributed by atoms with E-state index in [2.05, 4.69) is 16.8 Å². The average molecular weight is 240 g/mol. The standard InChI is InChI=1S/C12H18ClN3/c1-9-3-2-6-16(7-9)8-10-11(13)4-5-15-12(10)14/h4-5,9H,2-3,6-8H2,1H3,(H2,14,15)/t9-/m0/s1. The fourth-order valence-corrected chi connectivity index (χ4v) is 2.51. The summed E-state index contributed by atoms with van der Waals surface area (Å²) in [5.41, 5.74) is 6.82. The monoisotopic (exact) mass is 239 g/mol. The number of piperidine rings is 1. The fourth-order valence-electron chi connectivity index (χ4n) is 2.29. The number of anilines is 1. The molecule has 2 heterocycles. The predicted octanol–water partition coefficient (Wildman–Crippen LogP) is 2.55. The molecule has 16 heavy (non-hydrogen) atoms. The van der Waals surface area contributed by atoms with E-state index in [9.17, 15) is 0 Å². The smallest absolute Gasteiger partial charge is 0.129 e. The normalized spacial score (nSPS) is 22.2. The van der Waals surface area contributed by atoms with Crippen LogP contribution in [0.25, 0.3) is 0 Å². The molecule has 3 nitrogen and oxygen atoms in total. The van der Waals surface area contributed by atoms with Crippen molar-refractivity contribution in [3.8, 4) is 0 Å². The highest BCUT2D eigenvalue weighted by molar-refractivity contribution is 6.31. The Kier molecular flexibility index (Phi) is 3.66. The van der Waals surface area contributed by atoms with E-state index in [4.69, 9.17) is 17.3 Å². The lowest BCUT2D eigenvalue weighted by molar-refractivity contribution is 0.177. The summed E-state index contributed by atoms with van der Waals surface area (Å²) < 4.78 is 0. The molecule has 4 heteroatoms. The van der Waals surface area contributed by atoms with Gasteiger partial charge in [-0.1, -0.05) is 18.5 Å². The van der Waals surface area contributed by atoms with Gasteiger partial charge in [-0.15, -0.1) is 0 Å². The highest BCUT2D eigenvalue weighted by Gasteiger charge is 2.18. The van der Waals surface area contributed by atoms with Crippen LogP contribution in [0.15, 0.2) is 12.3 Å². The molecule has 0 aliphatic carbocycles. The Morgan fingerprint density at radius 2 is 2.44 bits per heavy atom. The van der Waals surface area contributed by atoms with Crippen molar-refractivity contribution >= 4 is 17.4 Å². The summed E-state index contributed by atoms with van der Waals surface area (Å²) >= 11 is 6.14. The van der Waals surface area contributed by atoms with Crippen LogP contribution in [0.1, 0.15) is 25.3 Å². The van der Waals surface area contributed by atoms with Crippen LogP contribution >= 0.6 is 11.6 Å². The van der Waals surface area contributed by atoms with Gasteiger partial charge in [-0.3, -0.25) is 4.90 Å². The minimum absolute atomic E-state index is 0.561. The van der Waals surface area contributed by atoms with E-state index < -0.39 is 0 Å². The minimum Gasteiger partial charge on any atom is -0.383 e. The quantitative estimate of drug-likeness (QED) is 0.863. The molecule has 0 amide bonds. The lowest BCUT2D eigenvalue weighted by atomic mass is 10.00. The number of rotatable bonds is 2. The lowest BCUT2D eigenvalue weighted by Gasteiger charge is -2.31. The molecule has 0 spiro atoms. The molecule has 2 N–H and O–H groups in total. The lowest BCUT2D eigenvalue weighted by Crippen LogP contribution is -2.34. The third-order valence-electron chi connectivity index (χ3n) is 3.15. The van der Waals surface area contributed by atoms with Crippen molar-refractivity contribution in [1.82, 2.24) is 9.88 Å². The van der Waals surface area contributed by atoms with Crippen LogP contribution in [0.4, 0.5) is 5.82 Å². The number of pyridine rings is 1. The Bertz CT molecular complexity index is 347. The summed E-state index contributed by atoms with van der Waals surface area (Å²) in [4.78, 5) is 6.50. The van der Waals surface area contributed by atoms with Gasteiger partial charge in [0.05, 0.1) is 5.02 Å². The van der Waals surface area contributed by atoms with Crippen molar-refractivity contribution in [1.29, 1.82) is 0 Å². The zero-order valence-corrected chi connectivity index (χ0v) is 10.4. The summed E-state index contributed by atoms with van der Waals surface area (Å²) in [5, 5.41) is 0.728. The third kappa shape index (κ3) is 2.66. The minimum atomic E-state index is 0.561. The van der Waals surface area contributed by atoms with E-state index >= 15 is 0 Å². The highest BCUT2D eigenvalue weighted by atomic mass is 35.5. The van der Waals surface area contributed by atoms with E-state index in [0.717, 1.165) is 36.1 Å². The summed E-state index contributed by atoms with van der Waals surface area (Å²) in [6, 6.07) is 1.81. The first-order valence-electron chi connectivity index (χ1n) is 5.78. The number of nitrogens with two attached hydrogens (primary N) is 1. The maximum Gasteiger partial charge on any atom is 0.129 e. The summed E-state index contributed by atoms with van der Waals surface area (Å²) in [5.74, 6) is 1.33. The molecule has 1 saturated heterocycles. The zero-order valence-electron chi connectivity index (χ0n) is 9.62. The van der Waals surface area contributed by atoms with Crippen LogP contribution in [0.2, 0.25) is 5.02 Å². The van der Waals surface area contributed by atoms with Crippen molar-refractivity contribution < 1.29 is 0 Å². The van der Waals surface area contributed by atoms with Crippen LogP contribution in [-0.4, -0.2) is 23.0 Å². The van der Waals surface area contributed by atoms with Gasteiger partial charge >= 0.3 is 0 Å². The molecule has 1 aromatic heterocycles. The maximum absolute atomic E-state index is 6.14. The van der Waals surface area contributed by atoms with Gasteiger partial charge in [0.2, 0.25) is 0 Å². The average Bonchev–Trinajstić information content (AvgIpc) is 2.24. The number of likely N-dealkylation sites (tertiary alicyclic amines) is 1.